The lowest BCUT2D eigenvalue weighted by Crippen LogP contribution is -2.41. The molecule has 0 saturated carbocycles. The van der Waals surface area contributed by atoms with Gasteiger partial charge in [-0.25, -0.2) is 0 Å². The fourth-order valence-electron chi connectivity index (χ4n) is 2.01. The number of carbonyl (C=O) groups is 1. The van der Waals surface area contributed by atoms with E-state index in [1.165, 1.54) is 0 Å². The van der Waals surface area contributed by atoms with Crippen molar-refractivity contribution in [1.82, 2.24) is 0 Å². The van der Waals surface area contributed by atoms with Gasteiger partial charge >= 0.3 is 7.12 Å². The second kappa shape index (κ2) is 4.74. The molecule has 19 heavy (non-hydrogen) atoms. The number of rotatable bonds is 3. The molecule has 0 bridgehead atoms. The maximum absolute atomic E-state index is 11.2. The number of aliphatic hydroxyl groups is 1. The van der Waals surface area contributed by atoms with Crippen molar-refractivity contribution in [2.45, 2.75) is 45.5 Å². The highest BCUT2D eigenvalue weighted by Gasteiger charge is 2.52. The Morgan fingerprint density at radius 2 is 1.79 bits per heavy atom. The molecule has 0 unspecified atom stereocenters. The molecule has 0 aromatic heterocycles. The molecule has 0 atom stereocenters. The zero-order valence-electron chi connectivity index (χ0n) is 11.8. The first-order valence-electron chi connectivity index (χ1n) is 6.35. The van der Waals surface area contributed by atoms with Crippen molar-refractivity contribution >= 4 is 18.9 Å². The summed E-state index contributed by atoms with van der Waals surface area (Å²) in [7, 11) is -0.557. The molecular weight excluding hydrogens is 243 g/mol. The number of hydrogen-bond acceptors (Lipinski definition) is 4. The molecular formula is C14H19BO4. The Morgan fingerprint density at radius 1 is 1.21 bits per heavy atom. The molecule has 0 amide bonds. The van der Waals surface area contributed by atoms with E-state index in [0.29, 0.717) is 16.6 Å². The van der Waals surface area contributed by atoms with E-state index >= 15 is 0 Å². The highest BCUT2D eigenvalue weighted by Crippen LogP contribution is 2.36. The lowest BCUT2D eigenvalue weighted by molar-refractivity contribution is 0.00578. The van der Waals surface area contributed by atoms with E-state index in [4.69, 9.17) is 14.4 Å². The molecule has 102 valence electrons. The van der Waals surface area contributed by atoms with Gasteiger partial charge in [0.25, 0.3) is 0 Å². The minimum Gasteiger partial charge on any atom is -0.399 e. The van der Waals surface area contributed by atoms with E-state index in [0.717, 1.165) is 6.29 Å². The highest BCUT2D eigenvalue weighted by molar-refractivity contribution is 6.63. The van der Waals surface area contributed by atoms with Gasteiger partial charge in [0.15, 0.2) is 0 Å². The maximum Gasteiger partial charge on any atom is 0.495 e. The molecule has 1 N–H and O–H groups in total. The summed E-state index contributed by atoms with van der Waals surface area (Å²) in [4.78, 5) is 11.2. The van der Waals surface area contributed by atoms with E-state index in [9.17, 15) is 4.79 Å². The smallest absolute Gasteiger partial charge is 0.399 e. The Bertz CT molecular complexity index is 480. The van der Waals surface area contributed by atoms with E-state index in [2.05, 4.69) is 0 Å². The third-order valence-electron chi connectivity index (χ3n) is 3.97. The predicted molar refractivity (Wildman–Crippen MR) is 73.5 cm³/mol. The molecule has 0 spiro atoms. The summed E-state index contributed by atoms with van der Waals surface area (Å²) < 4.78 is 11.8. The number of benzene rings is 1. The Balaban J connectivity index is 2.37. The van der Waals surface area contributed by atoms with Crippen molar-refractivity contribution in [3.05, 3.63) is 29.3 Å². The Morgan fingerprint density at radius 3 is 2.26 bits per heavy atom. The summed E-state index contributed by atoms with van der Waals surface area (Å²) in [5.74, 6) is 0. The lowest BCUT2D eigenvalue weighted by atomic mass is 9.75. The van der Waals surface area contributed by atoms with Gasteiger partial charge in [-0.2, -0.15) is 0 Å². The van der Waals surface area contributed by atoms with Gasteiger partial charge in [-0.1, -0.05) is 12.1 Å². The van der Waals surface area contributed by atoms with Crippen molar-refractivity contribution < 1.29 is 19.2 Å². The van der Waals surface area contributed by atoms with Crippen molar-refractivity contribution in [2.75, 3.05) is 0 Å². The quantitative estimate of drug-likeness (QED) is 0.658. The summed E-state index contributed by atoms with van der Waals surface area (Å²) in [5.41, 5.74) is 1.01. The van der Waals surface area contributed by atoms with Crippen molar-refractivity contribution in [3.8, 4) is 0 Å². The van der Waals surface area contributed by atoms with Crippen LogP contribution in [0.5, 0.6) is 0 Å². The zero-order chi connectivity index (χ0) is 14.3. The van der Waals surface area contributed by atoms with Crippen LogP contribution in [-0.4, -0.2) is 29.7 Å². The second-order valence-electron chi connectivity index (χ2n) is 5.83. The van der Waals surface area contributed by atoms with E-state index < -0.39 is 18.3 Å². The van der Waals surface area contributed by atoms with Crippen LogP contribution < -0.4 is 5.46 Å². The van der Waals surface area contributed by atoms with Crippen LogP contribution in [0.4, 0.5) is 0 Å². The fourth-order valence-corrected chi connectivity index (χ4v) is 2.01. The minimum absolute atomic E-state index is 0.0928. The van der Waals surface area contributed by atoms with Gasteiger partial charge in [0.05, 0.1) is 17.8 Å². The van der Waals surface area contributed by atoms with E-state index in [1.54, 1.807) is 18.2 Å². The number of aldehydes is 1. The lowest BCUT2D eigenvalue weighted by Gasteiger charge is -2.32. The monoisotopic (exact) mass is 262 g/mol. The minimum atomic E-state index is -0.557. The summed E-state index contributed by atoms with van der Waals surface area (Å²) in [6.07, 6.45) is 0.763. The largest absolute Gasteiger partial charge is 0.495 e. The predicted octanol–water partition coefficient (Wildman–Crippen LogP) is 1.29. The standard InChI is InChI=1S/C14H19BO4/c1-13(2)14(3,4)19-15(18-13)12-6-5-10(8-16)7-11(12)9-17/h5-7,9,16H,8H2,1-4H3. The van der Waals surface area contributed by atoms with Crippen LogP contribution >= 0.6 is 0 Å². The van der Waals surface area contributed by atoms with Crippen molar-refractivity contribution in [2.24, 2.45) is 0 Å². The molecule has 1 aliphatic heterocycles. The van der Waals surface area contributed by atoms with Gasteiger partial charge in [0.1, 0.15) is 6.29 Å². The first-order chi connectivity index (χ1) is 8.80. The molecule has 4 nitrogen and oxygen atoms in total. The second-order valence-corrected chi connectivity index (χ2v) is 5.83. The van der Waals surface area contributed by atoms with Gasteiger partial charge in [0.2, 0.25) is 0 Å². The van der Waals surface area contributed by atoms with Gasteiger partial charge < -0.3 is 14.4 Å². The summed E-state index contributed by atoms with van der Waals surface area (Å²) in [5, 5.41) is 9.10. The topological polar surface area (TPSA) is 55.8 Å². The SMILES string of the molecule is CC1(C)OB(c2ccc(CO)cc2C=O)OC1(C)C. The molecule has 1 aliphatic rings. The van der Waals surface area contributed by atoms with Crippen LogP contribution in [0.2, 0.25) is 0 Å². The fraction of sp³-hybridized carbons (Fsp3) is 0.500. The zero-order valence-corrected chi connectivity index (χ0v) is 11.8. The molecule has 1 aromatic carbocycles. The molecule has 1 fully saturated rings. The molecule has 5 heteroatoms. The first kappa shape index (κ1) is 14.2. The van der Waals surface area contributed by atoms with Gasteiger partial charge in [-0.3, -0.25) is 4.79 Å². The molecule has 1 heterocycles. The van der Waals surface area contributed by atoms with Crippen LogP contribution in [0.15, 0.2) is 18.2 Å². The summed E-state index contributed by atoms with van der Waals surface area (Å²) in [6.45, 7) is 7.78. The Labute approximate surface area is 113 Å². The summed E-state index contributed by atoms with van der Waals surface area (Å²) in [6, 6.07) is 5.21. The van der Waals surface area contributed by atoms with Gasteiger partial charge in [0, 0.05) is 5.56 Å². The van der Waals surface area contributed by atoms with E-state index in [-0.39, 0.29) is 6.61 Å². The molecule has 1 saturated heterocycles. The van der Waals surface area contributed by atoms with Gasteiger partial charge in [-0.15, -0.1) is 0 Å². The normalized spacial score (nSPS) is 20.6. The number of aliphatic hydroxyl groups excluding tert-OH is 1. The van der Waals surface area contributed by atoms with Crippen LogP contribution in [0.3, 0.4) is 0 Å². The third kappa shape index (κ3) is 2.46. The Kier molecular flexibility index (Phi) is 3.56. The maximum atomic E-state index is 11.2. The average Bonchev–Trinajstić information content (AvgIpc) is 2.57. The van der Waals surface area contributed by atoms with Crippen LogP contribution in [0, 0.1) is 0 Å². The Hall–Kier alpha value is -1.17. The van der Waals surface area contributed by atoms with Crippen molar-refractivity contribution in [3.63, 3.8) is 0 Å². The van der Waals surface area contributed by atoms with Gasteiger partial charge in [-0.05, 0) is 44.8 Å². The van der Waals surface area contributed by atoms with Crippen LogP contribution in [0.1, 0.15) is 43.6 Å². The highest BCUT2D eigenvalue weighted by atomic mass is 16.7. The van der Waals surface area contributed by atoms with E-state index in [1.807, 2.05) is 27.7 Å². The molecule has 0 aliphatic carbocycles. The number of hydrogen-bond donors (Lipinski definition) is 1. The average molecular weight is 262 g/mol. The number of carbonyl (C=O) groups excluding carboxylic acids is 1. The molecule has 1 aromatic rings. The van der Waals surface area contributed by atoms with Crippen LogP contribution in [-0.2, 0) is 15.9 Å². The summed E-state index contributed by atoms with van der Waals surface area (Å²) >= 11 is 0. The molecule has 2 rings (SSSR count). The third-order valence-corrected chi connectivity index (χ3v) is 3.97. The van der Waals surface area contributed by atoms with Crippen LogP contribution in [0.25, 0.3) is 0 Å². The first-order valence-corrected chi connectivity index (χ1v) is 6.35. The molecule has 0 radical (unpaired) electrons. The van der Waals surface area contributed by atoms with Crippen molar-refractivity contribution in [1.29, 1.82) is 0 Å².